The van der Waals surface area contributed by atoms with E-state index in [1.165, 1.54) is 4.90 Å². The van der Waals surface area contributed by atoms with Gasteiger partial charge in [0.05, 0.1) is 17.7 Å². The Bertz CT molecular complexity index is 980. The number of rotatable bonds is 7. The van der Waals surface area contributed by atoms with Gasteiger partial charge in [-0.15, -0.1) is 0 Å². The average Bonchev–Trinajstić information content (AvgIpc) is 3.06. The van der Waals surface area contributed by atoms with Crippen LogP contribution in [0.2, 0.25) is 0 Å². The maximum absolute atomic E-state index is 12.6. The van der Waals surface area contributed by atoms with Crippen LogP contribution in [0.15, 0.2) is 48.8 Å². The fourth-order valence-corrected chi connectivity index (χ4v) is 2.72. The van der Waals surface area contributed by atoms with Gasteiger partial charge in [0.25, 0.3) is 5.91 Å². The molecule has 0 aliphatic carbocycles. The number of carboxylic acid groups (broad SMARTS) is 1. The smallest absolute Gasteiger partial charge is 0.305 e. The Labute approximate surface area is 156 Å². The summed E-state index contributed by atoms with van der Waals surface area (Å²) in [5.74, 6) is -0.781. The highest BCUT2D eigenvalue weighted by Gasteiger charge is 2.17. The minimum absolute atomic E-state index is 0.105. The number of amides is 1. The number of pyridine rings is 1. The summed E-state index contributed by atoms with van der Waals surface area (Å²) in [5, 5.41) is 8.79. The third-order valence-electron chi connectivity index (χ3n) is 4.15. The molecule has 0 atom stereocenters. The Hall–Kier alpha value is -3.35. The zero-order valence-corrected chi connectivity index (χ0v) is 15.3. The first-order valence-corrected chi connectivity index (χ1v) is 8.57. The van der Waals surface area contributed by atoms with Crippen molar-refractivity contribution in [1.82, 2.24) is 14.3 Å². The third-order valence-corrected chi connectivity index (χ3v) is 4.15. The number of benzene rings is 1. The summed E-state index contributed by atoms with van der Waals surface area (Å²) in [4.78, 5) is 29.2. The maximum atomic E-state index is 12.6. The molecule has 2 heterocycles. The molecule has 0 saturated carbocycles. The van der Waals surface area contributed by atoms with Gasteiger partial charge in [-0.25, -0.2) is 4.98 Å². The molecule has 3 rings (SSSR count). The second-order valence-corrected chi connectivity index (χ2v) is 6.36. The molecule has 1 aromatic carbocycles. The van der Waals surface area contributed by atoms with Crippen molar-refractivity contribution in [3.63, 3.8) is 0 Å². The largest absolute Gasteiger partial charge is 0.486 e. The first-order chi connectivity index (χ1) is 12.9. The van der Waals surface area contributed by atoms with Crippen LogP contribution in [0.5, 0.6) is 5.75 Å². The van der Waals surface area contributed by atoms with Crippen molar-refractivity contribution >= 4 is 17.5 Å². The van der Waals surface area contributed by atoms with E-state index < -0.39 is 5.97 Å². The molecule has 7 nitrogen and oxygen atoms in total. The van der Waals surface area contributed by atoms with Gasteiger partial charge in [-0.3, -0.25) is 9.59 Å². The van der Waals surface area contributed by atoms with Gasteiger partial charge in [0.15, 0.2) is 0 Å². The summed E-state index contributed by atoms with van der Waals surface area (Å²) in [6.07, 6.45) is 3.78. The number of carbonyl (C=O) groups excluding carboxylic acids is 1. The highest BCUT2D eigenvalue weighted by Crippen LogP contribution is 2.21. The van der Waals surface area contributed by atoms with Crippen molar-refractivity contribution in [1.29, 1.82) is 0 Å². The van der Waals surface area contributed by atoms with Crippen molar-refractivity contribution < 1.29 is 19.4 Å². The van der Waals surface area contributed by atoms with Crippen molar-refractivity contribution in [2.45, 2.75) is 20.0 Å². The number of nitrogens with zero attached hydrogens (tertiary/aromatic N) is 3. The number of imidazole rings is 1. The quantitative estimate of drug-likeness (QED) is 0.694. The molecule has 0 aliphatic heterocycles. The monoisotopic (exact) mass is 367 g/mol. The summed E-state index contributed by atoms with van der Waals surface area (Å²) in [6.45, 7) is 2.37. The SMILES string of the molecule is Cc1ccc2nc(COc3ccccc3C(=O)N(C)CCC(=O)O)cn2c1. The molecule has 0 bridgehead atoms. The fraction of sp³-hybridized carbons (Fsp3) is 0.250. The van der Waals surface area contributed by atoms with Crippen LogP contribution in [-0.4, -0.2) is 44.9 Å². The maximum Gasteiger partial charge on any atom is 0.305 e. The summed E-state index contributed by atoms with van der Waals surface area (Å²) in [7, 11) is 1.58. The first-order valence-electron chi connectivity index (χ1n) is 8.57. The van der Waals surface area contributed by atoms with Crippen LogP contribution in [0.3, 0.4) is 0 Å². The minimum Gasteiger partial charge on any atom is -0.486 e. The number of carboxylic acids is 1. The van der Waals surface area contributed by atoms with Crippen LogP contribution >= 0.6 is 0 Å². The predicted molar refractivity (Wildman–Crippen MR) is 99.9 cm³/mol. The number of hydrogen-bond acceptors (Lipinski definition) is 4. The second-order valence-electron chi connectivity index (χ2n) is 6.36. The number of ether oxygens (including phenoxy) is 1. The Morgan fingerprint density at radius 1 is 1.19 bits per heavy atom. The van der Waals surface area contributed by atoms with Gasteiger partial charge in [0, 0.05) is 26.0 Å². The number of aromatic nitrogens is 2. The molecule has 0 aliphatic rings. The molecule has 2 aromatic heterocycles. The Morgan fingerprint density at radius 3 is 2.74 bits per heavy atom. The molecular weight excluding hydrogens is 346 g/mol. The number of hydrogen-bond donors (Lipinski definition) is 1. The topological polar surface area (TPSA) is 84.1 Å². The zero-order chi connectivity index (χ0) is 19.4. The second kappa shape index (κ2) is 7.90. The normalized spacial score (nSPS) is 10.7. The molecule has 3 aromatic rings. The average molecular weight is 367 g/mol. The Kier molecular flexibility index (Phi) is 5.40. The van der Waals surface area contributed by atoms with Gasteiger partial charge < -0.3 is 19.1 Å². The summed E-state index contributed by atoms with van der Waals surface area (Å²) >= 11 is 0. The van der Waals surface area contributed by atoms with Crippen molar-refractivity contribution in [2.24, 2.45) is 0 Å². The summed E-state index contributed by atoms with van der Waals surface area (Å²) < 4.78 is 7.78. The lowest BCUT2D eigenvalue weighted by atomic mass is 10.1. The molecule has 1 N–H and O–H groups in total. The van der Waals surface area contributed by atoms with E-state index in [1.54, 1.807) is 31.3 Å². The van der Waals surface area contributed by atoms with Crippen molar-refractivity contribution in [3.8, 4) is 5.75 Å². The van der Waals surface area contributed by atoms with Gasteiger partial charge >= 0.3 is 5.97 Å². The molecule has 0 spiro atoms. The molecule has 0 unspecified atom stereocenters. The van der Waals surface area contributed by atoms with Crippen molar-refractivity contribution in [3.05, 3.63) is 65.6 Å². The van der Waals surface area contributed by atoms with Crippen molar-refractivity contribution in [2.75, 3.05) is 13.6 Å². The van der Waals surface area contributed by atoms with E-state index in [1.807, 2.05) is 35.9 Å². The first kappa shape index (κ1) is 18.4. The van der Waals surface area contributed by atoms with Crippen LogP contribution in [0, 0.1) is 6.92 Å². The summed E-state index contributed by atoms with van der Waals surface area (Å²) in [6, 6.07) is 10.9. The lowest BCUT2D eigenvalue weighted by molar-refractivity contribution is -0.137. The molecule has 140 valence electrons. The van der Waals surface area contributed by atoms with E-state index in [2.05, 4.69) is 4.98 Å². The van der Waals surface area contributed by atoms with Crippen LogP contribution < -0.4 is 4.74 Å². The summed E-state index contributed by atoms with van der Waals surface area (Å²) in [5.41, 5.74) is 3.11. The molecule has 7 heteroatoms. The number of fused-ring (bicyclic) bond motifs is 1. The molecule has 1 amide bonds. The predicted octanol–water partition coefficient (Wildman–Crippen LogP) is 2.77. The van der Waals surface area contributed by atoms with E-state index in [9.17, 15) is 9.59 Å². The Balaban J connectivity index is 1.73. The van der Waals surface area contributed by atoms with Gasteiger partial charge in [-0.1, -0.05) is 18.2 Å². The lowest BCUT2D eigenvalue weighted by Crippen LogP contribution is -2.29. The zero-order valence-electron chi connectivity index (χ0n) is 15.3. The van der Waals surface area contributed by atoms with E-state index >= 15 is 0 Å². The van der Waals surface area contributed by atoms with Crippen LogP contribution in [-0.2, 0) is 11.4 Å². The Morgan fingerprint density at radius 2 is 1.96 bits per heavy atom. The number of aryl methyl sites for hydroxylation is 1. The molecule has 27 heavy (non-hydrogen) atoms. The van der Waals surface area contributed by atoms with Gasteiger partial charge in [-0.2, -0.15) is 0 Å². The number of carbonyl (C=O) groups is 2. The fourth-order valence-electron chi connectivity index (χ4n) is 2.72. The van der Waals surface area contributed by atoms with E-state index in [0.717, 1.165) is 16.9 Å². The van der Waals surface area contributed by atoms with Crippen LogP contribution in [0.25, 0.3) is 5.65 Å². The van der Waals surface area contributed by atoms with Gasteiger partial charge in [0.2, 0.25) is 0 Å². The molecule has 0 fully saturated rings. The van der Waals surface area contributed by atoms with Crippen LogP contribution in [0.1, 0.15) is 28.0 Å². The van der Waals surface area contributed by atoms with E-state index in [4.69, 9.17) is 9.84 Å². The molecular formula is C20H21N3O4. The third kappa shape index (κ3) is 4.44. The van der Waals surface area contributed by atoms with E-state index in [-0.39, 0.29) is 25.5 Å². The minimum atomic E-state index is -0.943. The van der Waals surface area contributed by atoms with Crippen LogP contribution in [0.4, 0.5) is 0 Å². The standard InChI is InChI=1S/C20H21N3O4/c1-14-7-8-18-21-15(12-23(18)11-14)13-27-17-6-4-3-5-16(17)20(26)22(2)10-9-19(24)25/h3-8,11-12H,9-10,13H2,1-2H3,(H,24,25). The highest BCUT2D eigenvalue weighted by molar-refractivity contribution is 5.96. The van der Waals surface area contributed by atoms with Gasteiger partial charge in [-0.05, 0) is 30.7 Å². The highest BCUT2D eigenvalue weighted by atomic mass is 16.5. The van der Waals surface area contributed by atoms with Gasteiger partial charge in [0.1, 0.15) is 18.0 Å². The number of aliphatic carboxylic acids is 1. The molecule has 0 saturated heterocycles. The lowest BCUT2D eigenvalue weighted by Gasteiger charge is -2.18. The molecule has 0 radical (unpaired) electrons. The van der Waals surface area contributed by atoms with E-state index in [0.29, 0.717) is 11.3 Å². The number of para-hydroxylation sites is 1.